The molecule has 0 saturated carbocycles. The van der Waals surface area contributed by atoms with Crippen molar-refractivity contribution >= 4 is 40.7 Å². The minimum Gasteiger partial charge on any atom is -0.383 e. The molecule has 2 aromatic rings. The van der Waals surface area contributed by atoms with Crippen LogP contribution in [0.2, 0.25) is 5.02 Å². The lowest BCUT2D eigenvalue weighted by Gasteiger charge is -2.35. The maximum absolute atomic E-state index is 12.9. The number of halogens is 2. The molecule has 0 spiro atoms. The monoisotopic (exact) mass is 477 g/mol. The fourth-order valence-corrected chi connectivity index (χ4v) is 4.00. The van der Waals surface area contributed by atoms with E-state index in [0.717, 1.165) is 31.1 Å². The van der Waals surface area contributed by atoms with Gasteiger partial charge < -0.3 is 14.5 Å². The van der Waals surface area contributed by atoms with Crippen molar-refractivity contribution < 1.29 is 14.3 Å². The molecule has 172 valence electrons. The molecule has 1 saturated heterocycles. The lowest BCUT2D eigenvalue weighted by molar-refractivity contribution is -0.116. The number of ether oxygens (including phenoxy) is 1. The van der Waals surface area contributed by atoms with Crippen LogP contribution in [0.15, 0.2) is 48.5 Å². The van der Waals surface area contributed by atoms with Gasteiger partial charge in [0.2, 0.25) is 5.91 Å². The van der Waals surface area contributed by atoms with Crippen molar-refractivity contribution in [1.29, 1.82) is 0 Å². The first-order chi connectivity index (χ1) is 15.5. The van der Waals surface area contributed by atoms with Crippen molar-refractivity contribution in [1.82, 2.24) is 9.80 Å². The number of carbonyl (C=O) groups excluding carboxylic acids is 2. The molecule has 6 nitrogen and oxygen atoms in total. The Labute approximate surface area is 199 Å². The van der Waals surface area contributed by atoms with Crippen LogP contribution < -0.4 is 4.90 Å². The quantitative estimate of drug-likeness (QED) is 0.518. The summed E-state index contributed by atoms with van der Waals surface area (Å²) >= 11 is 11.7. The first kappa shape index (κ1) is 24.5. The summed E-state index contributed by atoms with van der Waals surface area (Å²) in [6, 6.07) is 15.1. The molecule has 32 heavy (non-hydrogen) atoms. The Bertz CT molecular complexity index is 882. The minimum atomic E-state index is -0.197. The van der Waals surface area contributed by atoms with E-state index >= 15 is 0 Å². The number of rotatable bonds is 9. The lowest BCUT2D eigenvalue weighted by atomic mass is 10.1. The molecular formula is C24H29Cl2N3O3. The Morgan fingerprint density at radius 2 is 1.66 bits per heavy atom. The molecule has 0 unspecified atom stereocenters. The van der Waals surface area contributed by atoms with Crippen LogP contribution in [0, 0.1) is 0 Å². The molecule has 1 heterocycles. The van der Waals surface area contributed by atoms with Gasteiger partial charge >= 0.3 is 0 Å². The zero-order valence-electron chi connectivity index (χ0n) is 18.3. The van der Waals surface area contributed by atoms with E-state index in [1.54, 1.807) is 36.3 Å². The van der Waals surface area contributed by atoms with E-state index in [1.165, 1.54) is 5.56 Å². The van der Waals surface area contributed by atoms with Crippen LogP contribution in [-0.2, 0) is 16.0 Å². The van der Waals surface area contributed by atoms with Crippen LogP contribution in [0.4, 0.5) is 5.69 Å². The van der Waals surface area contributed by atoms with E-state index < -0.39 is 0 Å². The van der Waals surface area contributed by atoms with Crippen LogP contribution in [0.1, 0.15) is 15.9 Å². The highest BCUT2D eigenvalue weighted by Gasteiger charge is 2.22. The summed E-state index contributed by atoms with van der Waals surface area (Å²) < 4.78 is 5.08. The first-order valence-electron chi connectivity index (χ1n) is 10.7. The van der Waals surface area contributed by atoms with E-state index in [9.17, 15) is 9.59 Å². The molecule has 0 N–H and O–H groups in total. The molecule has 0 aromatic heterocycles. The van der Waals surface area contributed by atoms with Gasteiger partial charge in [0.15, 0.2) is 0 Å². The van der Waals surface area contributed by atoms with Gasteiger partial charge in [0, 0.05) is 62.7 Å². The van der Waals surface area contributed by atoms with Crippen molar-refractivity contribution in [3.05, 3.63) is 64.7 Å². The standard InChI is InChI=1S/C24H29Cl2N3O3/c1-32-17-16-29(23(30)18-25)22-8-4-20(5-9-22)24(31)28-14-12-27(13-15-28)11-10-19-2-6-21(26)7-3-19/h2-9H,10-18H2,1H3. The highest BCUT2D eigenvalue weighted by molar-refractivity contribution is 6.30. The summed E-state index contributed by atoms with van der Waals surface area (Å²) in [6.45, 7) is 4.89. The Morgan fingerprint density at radius 3 is 2.25 bits per heavy atom. The third-order valence-corrected chi connectivity index (χ3v) is 6.13. The van der Waals surface area contributed by atoms with Crippen LogP contribution >= 0.6 is 23.2 Å². The molecule has 0 atom stereocenters. The van der Waals surface area contributed by atoms with Crippen molar-refractivity contribution in [2.24, 2.45) is 0 Å². The van der Waals surface area contributed by atoms with Gasteiger partial charge in [-0.3, -0.25) is 14.5 Å². The van der Waals surface area contributed by atoms with Gasteiger partial charge in [-0.1, -0.05) is 23.7 Å². The van der Waals surface area contributed by atoms with Gasteiger partial charge in [-0.25, -0.2) is 0 Å². The highest BCUT2D eigenvalue weighted by atomic mass is 35.5. The van der Waals surface area contributed by atoms with Gasteiger partial charge in [-0.05, 0) is 48.4 Å². The Kier molecular flexibility index (Phi) is 9.36. The third kappa shape index (κ3) is 6.69. The van der Waals surface area contributed by atoms with Crippen molar-refractivity contribution in [2.45, 2.75) is 6.42 Å². The number of piperazine rings is 1. The zero-order chi connectivity index (χ0) is 22.9. The summed E-state index contributed by atoms with van der Waals surface area (Å²) in [5.74, 6) is -0.286. The Morgan fingerprint density at radius 1 is 1.00 bits per heavy atom. The smallest absolute Gasteiger partial charge is 0.253 e. The molecule has 1 aliphatic rings. The van der Waals surface area contributed by atoms with Crippen LogP contribution in [-0.4, -0.2) is 80.5 Å². The average Bonchev–Trinajstić information content (AvgIpc) is 2.84. The van der Waals surface area contributed by atoms with E-state index in [1.807, 2.05) is 17.0 Å². The largest absolute Gasteiger partial charge is 0.383 e. The molecule has 2 amide bonds. The normalized spacial score (nSPS) is 14.4. The fourth-order valence-electron chi connectivity index (χ4n) is 3.73. The molecule has 0 radical (unpaired) electrons. The summed E-state index contributed by atoms with van der Waals surface area (Å²) in [7, 11) is 1.59. The van der Waals surface area contributed by atoms with E-state index in [4.69, 9.17) is 27.9 Å². The number of nitrogens with zero attached hydrogens (tertiary/aromatic N) is 3. The minimum absolute atomic E-state index is 0.0148. The molecular weight excluding hydrogens is 449 g/mol. The summed E-state index contributed by atoms with van der Waals surface area (Å²) in [6.07, 6.45) is 0.965. The second-order valence-corrected chi connectivity index (χ2v) is 8.43. The van der Waals surface area contributed by atoms with Crippen molar-refractivity contribution in [3.63, 3.8) is 0 Å². The Hall–Kier alpha value is -2.12. The SMILES string of the molecule is COCCN(C(=O)CCl)c1ccc(C(=O)N2CCN(CCc3ccc(Cl)cc3)CC2)cc1. The molecule has 1 aliphatic heterocycles. The zero-order valence-corrected chi connectivity index (χ0v) is 19.8. The van der Waals surface area contributed by atoms with Crippen LogP contribution in [0.5, 0.6) is 0 Å². The Balaban J connectivity index is 1.52. The number of alkyl halides is 1. The van der Waals surface area contributed by atoms with Crippen LogP contribution in [0.25, 0.3) is 0 Å². The number of hydrogen-bond acceptors (Lipinski definition) is 4. The van der Waals surface area contributed by atoms with E-state index in [0.29, 0.717) is 37.5 Å². The first-order valence-corrected chi connectivity index (χ1v) is 11.6. The second kappa shape index (κ2) is 12.2. The second-order valence-electron chi connectivity index (χ2n) is 7.73. The summed E-state index contributed by atoms with van der Waals surface area (Å²) in [5, 5.41) is 0.752. The van der Waals surface area contributed by atoms with Crippen molar-refractivity contribution in [3.8, 4) is 0 Å². The third-order valence-electron chi connectivity index (χ3n) is 5.65. The molecule has 3 rings (SSSR count). The fraction of sp³-hybridized carbons (Fsp3) is 0.417. The predicted octanol–water partition coefficient (Wildman–Crippen LogP) is 3.56. The van der Waals surface area contributed by atoms with Gasteiger partial charge in [-0.15, -0.1) is 11.6 Å². The average molecular weight is 478 g/mol. The maximum Gasteiger partial charge on any atom is 0.253 e. The number of methoxy groups -OCH3 is 1. The van der Waals surface area contributed by atoms with Gasteiger partial charge in [-0.2, -0.15) is 0 Å². The molecule has 1 fully saturated rings. The molecule has 8 heteroatoms. The molecule has 0 aliphatic carbocycles. The molecule has 0 bridgehead atoms. The number of anilines is 1. The number of carbonyl (C=O) groups is 2. The highest BCUT2D eigenvalue weighted by Crippen LogP contribution is 2.18. The van der Waals surface area contributed by atoms with Gasteiger partial charge in [0.25, 0.3) is 5.91 Å². The van der Waals surface area contributed by atoms with Crippen molar-refractivity contribution in [2.75, 3.05) is 63.8 Å². The van der Waals surface area contributed by atoms with Gasteiger partial charge in [0.05, 0.1) is 6.61 Å². The number of hydrogen-bond donors (Lipinski definition) is 0. The number of amides is 2. The lowest BCUT2D eigenvalue weighted by Crippen LogP contribution is -2.49. The summed E-state index contributed by atoms with van der Waals surface area (Å²) in [5.41, 5.74) is 2.59. The molecule has 2 aromatic carbocycles. The van der Waals surface area contributed by atoms with E-state index in [-0.39, 0.29) is 17.7 Å². The topological polar surface area (TPSA) is 53.1 Å². The predicted molar refractivity (Wildman–Crippen MR) is 129 cm³/mol. The maximum atomic E-state index is 12.9. The van der Waals surface area contributed by atoms with Crippen LogP contribution in [0.3, 0.4) is 0 Å². The number of benzene rings is 2. The van der Waals surface area contributed by atoms with E-state index in [2.05, 4.69) is 17.0 Å². The summed E-state index contributed by atoms with van der Waals surface area (Å²) in [4.78, 5) is 30.9. The van der Waals surface area contributed by atoms with Gasteiger partial charge in [0.1, 0.15) is 5.88 Å².